The molecule has 2 aromatic heterocycles. The Hall–Kier alpha value is -2.85. The van der Waals surface area contributed by atoms with Gasteiger partial charge in [-0.3, -0.25) is 19.1 Å². The second-order valence-electron chi connectivity index (χ2n) is 7.33. The zero-order valence-corrected chi connectivity index (χ0v) is 19.3. The highest BCUT2D eigenvalue weighted by Crippen LogP contribution is 2.48. The van der Waals surface area contributed by atoms with Crippen LogP contribution in [0.15, 0.2) is 41.5 Å². The number of benzene rings is 1. The highest BCUT2D eigenvalue weighted by atomic mass is 31.2. The molecule has 0 fully saturated rings. The number of Topliss-reactive ketones (excluding diaryl/α,β-unsaturated/α-hetero) is 1. The number of nitrogens with two attached hydrogens (primary N) is 1. The molecule has 1 aromatic carbocycles. The number of carbonyl (C=O) groups is 1. The van der Waals surface area contributed by atoms with Crippen LogP contribution in [0.25, 0.3) is 11.2 Å². The Kier molecular flexibility index (Phi) is 8.90. The van der Waals surface area contributed by atoms with Crippen LogP contribution in [0.5, 0.6) is 0 Å². The monoisotopic (exact) mass is 477 g/mol. The first-order valence-corrected chi connectivity index (χ1v) is 12.3. The maximum absolute atomic E-state index is 13.2. The van der Waals surface area contributed by atoms with Gasteiger partial charge in [0.2, 0.25) is 5.95 Å². The van der Waals surface area contributed by atoms with Crippen molar-refractivity contribution in [2.75, 3.05) is 31.7 Å². The summed E-state index contributed by atoms with van der Waals surface area (Å²) in [5, 5.41) is 0. The molecule has 1 atom stereocenters. The maximum Gasteiger partial charge on any atom is 0.333 e. The fourth-order valence-corrected chi connectivity index (χ4v) is 4.38. The minimum atomic E-state index is -3.55. The first kappa shape index (κ1) is 24.8. The summed E-state index contributed by atoms with van der Waals surface area (Å²) in [7, 11) is -3.55. The molecular formula is C21H28N5O6P. The molecule has 0 bridgehead atoms. The zero-order chi connectivity index (χ0) is 23.7. The average molecular weight is 477 g/mol. The molecule has 3 rings (SSSR count). The molecule has 3 N–H and O–H groups in total. The largest absolute Gasteiger partial charge is 0.379 e. The number of fused-ring (bicyclic) bond motifs is 1. The lowest BCUT2D eigenvalue weighted by Gasteiger charge is -2.18. The number of nitrogens with one attached hydrogen (secondary N) is 1. The normalized spacial score (nSPS) is 13.2. The first-order chi connectivity index (χ1) is 15.9. The molecular weight excluding hydrogens is 449 g/mol. The van der Waals surface area contributed by atoms with E-state index in [9.17, 15) is 14.2 Å². The van der Waals surface area contributed by atoms with Gasteiger partial charge in [-0.2, -0.15) is 4.98 Å². The number of aromatic nitrogens is 4. The Labute approximate surface area is 190 Å². The minimum absolute atomic E-state index is 0.00133. The molecule has 0 saturated carbocycles. The third kappa shape index (κ3) is 7.33. The van der Waals surface area contributed by atoms with Crippen molar-refractivity contribution in [2.24, 2.45) is 0 Å². The van der Waals surface area contributed by atoms with Gasteiger partial charge in [0.15, 0.2) is 16.9 Å². The second-order valence-corrected chi connectivity index (χ2v) is 9.51. The van der Waals surface area contributed by atoms with Crippen LogP contribution in [0.3, 0.4) is 0 Å². The van der Waals surface area contributed by atoms with Gasteiger partial charge < -0.3 is 24.1 Å². The molecule has 0 radical (unpaired) electrons. The molecule has 0 amide bonds. The Bertz CT molecular complexity index is 1160. The van der Waals surface area contributed by atoms with Gasteiger partial charge >= 0.3 is 7.60 Å². The van der Waals surface area contributed by atoms with E-state index in [0.29, 0.717) is 25.0 Å². The van der Waals surface area contributed by atoms with Crippen LogP contribution in [0.1, 0.15) is 25.3 Å². The van der Waals surface area contributed by atoms with Gasteiger partial charge in [0.1, 0.15) is 6.61 Å². The van der Waals surface area contributed by atoms with Crippen LogP contribution < -0.4 is 11.3 Å². The molecule has 0 spiro atoms. The van der Waals surface area contributed by atoms with Gasteiger partial charge in [0.25, 0.3) is 5.56 Å². The highest BCUT2D eigenvalue weighted by Gasteiger charge is 2.26. The number of hydrogen-bond donors (Lipinski definition) is 2. The molecule has 12 heteroatoms. The van der Waals surface area contributed by atoms with E-state index in [1.165, 1.54) is 6.33 Å². The lowest BCUT2D eigenvalue weighted by molar-refractivity contribution is -0.121. The van der Waals surface area contributed by atoms with E-state index in [0.717, 1.165) is 5.56 Å². The number of anilines is 1. The summed E-state index contributed by atoms with van der Waals surface area (Å²) in [5.74, 6) is -0.128. The quantitative estimate of drug-likeness (QED) is 0.263. The molecule has 1 unspecified atom stereocenters. The molecule has 178 valence electrons. The molecule has 33 heavy (non-hydrogen) atoms. The third-order valence-electron chi connectivity index (χ3n) is 4.70. The Morgan fingerprint density at radius 3 is 2.76 bits per heavy atom. The average Bonchev–Trinajstić information content (AvgIpc) is 3.20. The first-order valence-electron chi connectivity index (χ1n) is 10.6. The Morgan fingerprint density at radius 2 is 2.00 bits per heavy atom. The second kappa shape index (κ2) is 11.9. The van der Waals surface area contributed by atoms with E-state index >= 15 is 0 Å². The van der Waals surface area contributed by atoms with Crippen molar-refractivity contribution < 1.29 is 23.1 Å². The Morgan fingerprint density at radius 1 is 1.21 bits per heavy atom. The number of H-pyrrole nitrogens is 1. The van der Waals surface area contributed by atoms with Gasteiger partial charge in [0, 0.05) is 13.0 Å². The number of imidazole rings is 1. The van der Waals surface area contributed by atoms with Crippen molar-refractivity contribution in [3.05, 3.63) is 52.6 Å². The summed E-state index contributed by atoms with van der Waals surface area (Å²) in [6.07, 6.45) is 2.52. The predicted octanol–water partition coefficient (Wildman–Crippen LogP) is 2.51. The summed E-state index contributed by atoms with van der Waals surface area (Å²) in [4.78, 5) is 34.2. The SMILES string of the molecule is CCCC(=O)COP(=O)(CCOCCn1cnc2c(=O)[nH]c(N)nc21)OCc1ccccc1. The van der Waals surface area contributed by atoms with E-state index in [1.54, 1.807) is 4.57 Å². The fraction of sp³-hybridized carbons (Fsp3) is 0.429. The Balaban J connectivity index is 1.53. The number of ether oxygens (including phenoxy) is 1. The van der Waals surface area contributed by atoms with Gasteiger partial charge in [-0.25, -0.2) is 4.98 Å². The van der Waals surface area contributed by atoms with Crippen molar-refractivity contribution in [3.63, 3.8) is 0 Å². The van der Waals surface area contributed by atoms with Gasteiger partial charge in [-0.15, -0.1) is 0 Å². The van der Waals surface area contributed by atoms with Crippen molar-refractivity contribution in [1.82, 2.24) is 19.5 Å². The molecule has 0 saturated heterocycles. The van der Waals surface area contributed by atoms with E-state index in [4.69, 9.17) is 19.5 Å². The van der Waals surface area contributed by atoms with Crippen molar-refractivity contribution >= 4 is 30.5 Å². The lowest BCUT2D eigenvalue weighted by atomic mass is 10.2. The standard InChI is InChI=1S/C21H28N5O6P/c1-2-6-17(27)14-32-33(29,31-13-16-7-4-3-5-8-16)12-11-30-10-9-26-15-23-18-19(26)24-21(22)25-20(18)28/h3-5,7-8,15H,2,6,9-14H2,1H3,(H3,22,24,25,28). The van der Waals surface area contributed by atoms with Gasteiger partial charge in [0.05, 0.1) is 32.3 Å². The summed E-state index contributed by atoms with van der Waals surface area (Å²) in [6.45, 7) is 2.42. The topological polar surface area (TPSA) is 151 Å². The van der Waals surface area contributed by atoms with E-state index in [-0.39, 0.29) is 49.8 Å². The summed E-state index contributed by atoms with van der Waals surface area (Å²) in [6, 6.07) is 9.29. The summed E-state index contributed by atoms with van der Waals surface area (Å²) >= 11 is 0. The van der Waals surface area contributed by atoms with Crippen LogP contribution in [0, 0.1) is 0 Å². The fourth-order valence-electron chi connectivity index (χ4n) is 3.01. The van der Waals surface area contributed by atoms with Gasteiger partial charge in [-0.1, -0.05) is 37.3 Å². The zero-order valence-electron chi connectivity index (χ0n) is 18.4. The predicted molar refractivity (Wildman–Crippen MR) is 123 cm³/mol. The van der Waals surface area contributed by atoms with Crippen molar-refractivity contribution in [2.45, 2.75) is 32.9 Å². The molecule has 2 heterocycles. The number of carbonyl (C=O) groups excluding carboxylic acids is 1. The maximum atomic E-state index is 13.2. The van der Waals surface area contributed by atoms with E-state index in [1.807, 2.05) is 37.3 Å². The smallest absolute Gasteiger partial charge is 0.333 e. The number of ketones is 1. The lowest BCUT2D eigenvalue weighted by Crippen LogP contribution is -2.14. The highest BCUT2D eigenvalue weighted by molar-refractivity contribution is 7.53. The number of nitrogens with zero attached hydrogens (tertiary/aromatic N) is 3. The molecule has 0 aliphatic rings. The number of nitrogen functional groups attached to an aromatic ring is 1. The number of hydrogen-bond acceptors (Lipinski definition) is 9. The van der Waals surface area contributed by atoms with Crippen LogP contribution in [0.2, 0.25) is 0 Å². The van der Waals surface area contributed by atoms with E-state index < -0.39 is 13.2 Å². The summed E-state index contributed by atoms with van der Waals surface area (Å²) < 4.78 is 31.5. The molecule has 0 aliphatic heterocycles. The minimum Gasteiger partial charge on any atom is -0.379 e. The van der Waals surface area contributed by atoms with Crippen LogP contribution in [-0.2, 0) is 36.3 Å². The molecule has 11 nitrogen and oxygen atoms in total. The molecule has 0 aliphatic carbocycles. The third-order valence-corrected chi connectivity index (χ3v) is 6.48. The van der Waals surface area contributed by atoms with Crippen LogP contribution in [-0.4, -0.2) is 51.3 Å². The van der Waals surface area contributed by atoms with Crippen LogP contribution >= 0.6 is 7.60 Å². The number of aromatic amines is 1. The van der Waals surface area contributed by atoms with Crippen LogP contribution in [0.4, 0.5) is 5.95 Å². The van der Waals surface area contributed by atoms with E-state index in [2.05, 4.69) is 15.0 Å². The number of rotatable bonds is 14. The van der Waals surface area contributed by atoms with Gasteiger partial charge in [-0.05, 0) is 12.0 Å². The van der Waals surface area contributed by atoms with Crippen molar-refractivity contribution in [3.8, 4) is 0 Å². The summed E-state index contributed by atoms with van der Waals surface area (Å²) in [5.41, 5.74) is 6.57. The molecule has 3 aromatic rings. The van der Waals surface area contributed by atoms with Crippen molar-refractivity contribution in [1.29, 1.82) is 0 Å².